The van der Waals surface area contributed by atoms with E-state index in [0.29, 0.717) is 26.1 Å². The Morgan fingerprint density at radius 2 is 2.41 bits per heavy atom. The maximum atomic E-state index is 12.3. The number of halogens is 1. The van der Waals surface area contributed by atoms with Crippen LogP contribution in [0.2, 0.25) is 5.28 Å². The van der Waals surface area contributed by atoms with Gasteiger partial charge in [-0.3, -0.25) is 4.79 Å². The minimum Gasteiger partial charge on any atom is -0.378 e. The molecule has 1 aromatic rings. The monoisotopic (exact) mass is 253 g/mol. The summed E-state index contributed by atoms with van der Waals surface area (Å²) < 4.78 is 5.38. The fourth-order valence-electron chi connectivity index (χ4n) is 2.56. The van der Waals surface area contributed by atoms with Crippen molar-refractivity contribution in [2.24, 2.45) is 0 Å². The van der Waals surface area contributed by atoms with Gasteiger partial charge in [0, 0.05) is 38.3 Å². The van der Waals surface area contributed by atoms with Crippen LogP contribution in [0.5, 0.6) is 0 Å². The molecule has 1 spiro atoms. The highest BCUT2D eigenvalue weighted by Crippen LogP contribution is 2.37. The van der Waals surface area contributed by atoms with Crippen LogP contribution in [0.3, 0.4) is 0 Å². The van der Waals surface area contributed by atoms with Gasteiger partial charge in [-0.1, -0.05) is 0 Å². The highest BCUT2D eigenvalue weighted by Gasteiger charge is 2.49. The number of carbonyl (C=O) groups excluding carboxylic acids is 1. The topological polar surface area (TPSA) is 55.3 Å². The zero-order valence-corrected chi connectivity index (χ0v) is 10.2. The van der Waals surface area contributed by atoms with Crippen molar-refractivity contribution in [2.45, 2.75) is 18.4 Å². The molecule has 0 aliphatic carbocycles. The van der Waals surface area contributed by atoms with Gasteiger partial charge in [-0.05, 0) is 11.6 Å². The Bertz CT molecular complexity index is 486. The van der Waals surface area contributed by atoms with E-state index in [1.807, 2.05) is 11.9 Å². The summed E-state index contributed by atoms with van der Waals surface area (Å²) in [5.41, 5.74) is 0.282. The summed E-state index contributed by atoms with van der Waals surface area (Å²) in [7, 11) is 1.87. The Labute approximate surface area is 104 Å². The fraction of sp³-hybridized carbons (Fsp3) is 0.545. The van der Waals surface area contributed by atoms with E-state index in [9.17, 15) is 4.79 Å². The van der Waals surface area contributed by atoms with Crippen LogP contribution in [0, 0.1) is 0 Å². The maximum absolute atomic E-state index is 12.3. The summed E-state index contributed by atoms with van der Waals surface area (Å²) in [6.07, 6.45) is 2.70. The van der Waals surface area contributed by atoms with Gasteiger partial charge in [0.1, 0.15) is 11.4 Å². The molecule has 3 heterocycles. The van der Waals surface area contributed by atoms with Gasteiger partial charge in [0.2, 0.25) is 5.28 Å². The number of anilines is 1. The lowest BCUT2D eigenvalue weighted by Gasteiger charge is -2.41. The molecule has 17 heavy (non-hydrogen) atoms. The minimum absolute atomic E-state index is 0.177. The van der Waals surface area contributed by atoms with Crippen molar-refractivity contribution in [3.63, 3.8) is 0 Å². The van der Waals surface area contributed by atoms with E-state index in [1.165, 1.54) is 0 Å². The molecule has 2 aliphatic rings. The molecular formula is C11H12ClN3O2. The van der Waals surface area contributed by atoms with Gasteiger partial charge in [-0.15, -0.1) is 0 Å². The molecule has 90 valence electrons. The molecule has 0 amide bonds. The van der Waals surface area contributed by atoms with Crippen LogP contribution in [0.1, 0.15) is 12.0 Å². The van der Waals surface area contributed by atoms with Crippen LogP contribution < -0.4 is 4.90 Å². The van der Waals surface area contributed by atoms with Crippen molar-refractivity contribution >= 4 is 23.2 Å². The van der Waals surface area contributed by atoms with Crippen LogP contribution in [-0.4, -0.2) is 41.6 Å². The molecule has 1 unspecified atom stereocenters. The molecule has 1 fully saturated rings. The number of fused-ring (bicyclic) bond motifs is 1. The minimum atomic E-state index is -0.551. The summed E-state index contributed by atoms with van der Waals surface area (Å²) >= 11 is 5.81. The molecule has 6 heteroatoms. The van der Waals surface area contributed by atoms with Crippen LogP contribution in [-0.2, 0) is 16.0 Å². The SMILES string of the molecule is CN1c2nc(Cl)ncc2CC(=O)C12CCOC2. The first-order chi connectivity index (χ1) is 8.13. The highest BCUT2D eigenvalue weighted by molar-refractivity contribution is 6.28. The van der Waals surface area contributed by atoms with E-state index in [2.05, 4.69) is 9.97 Å². The largest absolute Gasteiger partial charge is 0.378 e. The molecule has 5 nitrogen and oxygen atoms in total. The van der Waals surface area contributed by atoms with E-state index < -0.39 is 5.54 Å². The summed E-state index contributed by atoms with van der Waals surface area (Å²) in [6, 6.07) is 0. The van der Waals surface area contributed by atoms with Crippen LogP contribution >= 0.6 is 11.6 Å². The van der Waals surface area contributed by atoms with E-state index in [-0.39, 0.29) is 11.1 Å². The average molecular weight is 254 g/mol. The summed E-state index contributed by atoms with van der Waals surface area (Å²) in [4.78, 5) is 22.3. The Kier molecular flexibility index (Phi) is 2.34. The fourth-order valence-corrected chi connectivity index (χ4v) is 2.69. The van der Waals surface area contributed by atoms with Crippen molar-refractivity contribution in [2.75, 3.05) is 25.2 Å². The molecule has 0 N–H and O–H groups in total. The van der Waals surface area contributed by atoms with Gasteiger partial charge < -0.3 is 9.64 Å². The Morgan fingerprint density at radius 3 is 3.12 bits per heavy atom. The lowest BCUT2D eigenvalue weighted by molar-refractivity contribution is -0.124. The first kappa shape index (κ1) is 10.9. The lowest BCUT2D eigenvalue weighted by atomic mass is 9.84. The molecule has 1 saturated heterocycles. The van der Waals surface area contributed by atoms with E-state index in [0.717, 1.165) is 11.4 Å². The molecule has 0 saturated carbocycles. The normalized spacial score (nSPS) is 27.6. The zero-order chi connectivity index (χ0) is 12.0. The molecule has 3 rings (SSSR count). The molecule has 1 aromatic heterocycles. The summed E-state index contributed by atoms with van der Waals surface area (Å²) in [5.74, 6) is 0.922. The van der Waals surface area contributed by atoms with Gasteiger partial charge in [0.05, 0.1) is 6.61 Å². The Balaban J connectivity index is 2.11. The predicted molar refractivity (Wildman–Crippen MR) is 62.3 cm³/mol. The van der Waals surface area contributed by atoms with E-state index in [1.54, 1.807) is 6.20 Å². The number of rotatable bonds is 0. The van der Waals surface area contributed by atoms with Crippen molar-refractivity contribution < 1.29 is 9.53 Å². The van der Waals surface area contributed by atoms with E-state index in [4.69, 9.17) is 16.3 Å². The average Bonchev–Trinajstić information content (AvgIpc) is 2.79. The molecule has 2 aliphatic heterocycles. The van der Waals surface area contributed by atoms with Crippen molar-refractivity contribution in [1.82, 2.24) is 9.97 Å². The third-order valence-corrected chi connectivity index (χ3v) is 3.83. The first-order valence-corrected chi connectivity index (χ1v) is 5.87. The number of nitrogens with zero attached hydrogens (tertiary/aromatic N) is 3. The second kappa shape index (κ2) is 3.65. The van der Waals surface area contributed by atoms with E-state index >= 15 is 0 Å². The predicted octanol–water partition coefficient (Wildman–Crippen LogP) is 0.850. The number of ketones is 1. The van der Waals surface area contributed by atoms with Crippen molar-refractivity contribution in [3.8, 4) is 0 Å². The standard InChI is InChI=1S/C11H12ClN3O2/c1-15-9-7(5-13-10(12)14-9)4-8(16)11(15)2-3-17-6-11/h5H,2-4,6H2,1H3. The maximum Gasteiger partial charge on any atom is 0.224 e. The van der Waals surface area contributed by atoms with Crippen LogP contribution in [0.25, 0.3) is 0 Å². The second-order valence-electron chi connectivity index (χ2n) is 4.48. The van der Waals surface area contributed by atoms with Gasteiger partial charge in [0.15, 0.2) is 5.78 Å². The van der Waals surface area contributed by atoms with Gasteiger partial charge in [-0.25, -0.2) is 9.97 Å². The smallest absolute Gasteiger partial charge is 0.224 e. The lowest BCUT2D eigenvalue weighted by Crippen LogP contribution is -2.57. The number of likely N-dealkylation sites (N-methyl/N-ethyl adjacent to an activating group) is 1. The summed E-state index contributed by atoms with van der Waals surface area (Å²) in [6.45, 7) is 1.05. The molecule has 1 atom stereocenters. The second-order valence-corrected chi connectivity index (χ2v) is 4.82. The van der Waals surface area contributed by atoms with Crippen molar-refractivity contribution in [1.29, 1.82) is 0 Å². The first-order valence-electron chi connectivity index (χ1n) is 5.50. The third kappa shape index (κ3) is 1.46. The number of hydrogen-bond donors (Lipinski definition) is 0. The number of carbonyl (C=O) groups is 1. The van der Waals surface area contributed by atoms with Crippen molar-refractivity contribution in [3.05, 3.63) is 17.0 Å². The third-order valence-electron chi connectivity index (χ3n) is 3.64. The number of aromatic nitrogens is 2. The molecule has 0 radical (unpaired) electrons. The quantitative estimate of drug-likeness (QED) is 0.642. The highest BCUT2D eigenvalue weighted by atomic mass is 35.5. The Hall–Kier alpha value is -1.20. The number of hydrogen-bond acceptors (Lipinski definition) is 5. The van der Waals surface area contributed by atoms with Crippen LogP contribution in [0.15, 0.2) is 6.20 Å². The van der Waals surface area contributed by atoms with Gasteiger partial charge in [-0.2, -0.15) is 0 Å². The van der Waals surface area contributed by atoms with Gasteiger partial charge >= 0.3 is 0 Å². The molecule has 0 aromatic carbocycles. The number of Topliss-reactive ketones (excluding diaryl/α,β-unsaturated/α-hetero) is 1. The molecular weight excluding hydrogens is 242 g/mol. The zero-order valence-electron chi connectivity index (χ0n) is 9.44. The van der Waals surface area contributed by atoms with Crippen LogP contribution in [0.4, 0.5) is 5.82 Å². The number of ether oxygens (including phenoxy) is 1. The Morgan fingerprint density at radius 1 is 1.59 bits per heavy atom. The molecule has 0 bridgehead atoms. The van der Waals surface area contributed by atoms with Gasteiger partial charge in [0.25, 0.3) is 0 Å². The summed E-state index contributed by atoms with van der Waals surface area (Å²) in [5, 5.41) is 0.207.